The Kier molecular flexibility index (Phi) is 7.68. The second-order valence-electron chi connectivity index (χ2n) is 6.44. The highest BCUT2D eigenvalue weighted by atomic mass is 32.2. The molecule has 0 radical (unpaired) electrons. The lowest BCUT2D eigenvalue weighted by molar-refractivity contribution is -0.149. The molecule has 0 spiro atoms. The van der Waals surface area contributed by atoms with Gasteiger partial charge in [-0.1, -0.05) is 0 Å². The Morgan fingerprint density at radius 1 is 1.46 bits per heavy atom. The molecule has 0 saturated carbocycles. The summed E-state index contributed by atoms with van der Waals surface area (Å²) in [5, 5.41) is 3.54. The highest BCUT2D eigenvalue weighted by Gasteiger charge is 2.33. The average molecular weight is 358 g/mol. The van der Waals surface area contributed by atoms with Crippen molar-refractivity contribution < 1.29 is 14.3 Å². The predicted octanol–water partition coefficient (Wildman–Crippen LogP) is 1.75. The SMILES string of the molecule is CCOC(=O)C1CCCN(C(=NC)NCC2(SC)CCOCC2)C1. The van der Waals surface area contributed by atoms with Crippen LogP contribution in [0.3, 0.4) is 0 Å². The van der Waals surface area contributed by atoms with E-state index < -0.39 is 0 Å². The molecule has 0 bridgehead atoms. The average Bonchev–Trinajstić information content (AvgIpc) is 2.63. The van der Waals surface area contributed by atoms with Crippen LogP contribution in [0.25, 0.3) is 0 Å². The van der Waals surface area contributed by atoms with Gasteiger partial charge >= 0.3 is 5.97 Å². The molecule has 138 valence electrons. The lowest BCUT2D eigenvalue weighted by Crippen LogP contribution is -2.52. The summed E-state index contributed by atoms with van der Waals surface area (Å²) in [6.45, 7) is 6.46. The first-order valence-electron chi connectivity index (χ1n) is 8.89. The number of hydrogen-bond donors (Lipinski definition) is 1. The summed E-state index contributed by atoms with van der Waals surface area (Å²) in [5.74, 6) is 0.765. The molecule has 0 aromatic carbocycles. The number of carbonyl (C=O) groups excluding carboxylic acids is 1. The van der Waals surface area contributed by atoms with Crippen LogP contribution in [0.5, 0.6) is 0 Å². The standard InChI is InChI=1S/C17H31N3O3S/c1-4-23-15(21)14-6-5-9-20(12-14)16(18-2)19-13-17(24-3)7-10-22-11-8-17/h14H,4-13H2,1-3H3,(H,18,19). The molecule has 2 heterocycles. The van der Waals surface area contributed by atoms with Gasteiger partial charge in [-0.3, -0.25) is 9.79 Å². The van der Waals surface area contributed by atoms with Gasteiger partial charge in [-0.15, -0.1) is 0 Å². The van der Waals surface area contributed by atoms with E-state index in [4.69, 9.17) is 9.47 Å². The number of guanidine groups is 1. The molecule has 2 aliphatic heterocycles. The van der Waals surface area contributed by atoms with Crippen molar-refractivity contribution >= 4 is 23.7 Å². The number of rotatable bonds is 5. The van der Waals surface area contributed by atoms with E-state index in [0.29, 0.717) is 13.2 Å². The van der Waals surface area contributed by atoms with E-state index in [1.165, 1.54) is 0 Å². The van der Waals surface area contributed by atoms with Crippen molar-refractivity contribution in [3.05, 3.63) is 0 Å². The van der Waals surface area contributed by atoms with Crippen molar-refractivity contribution in [3.8, 4) is 0 Å². The largest absolute Gasteiger partial charge is 0.466 e. The van der Waals surface area contributed by atoms with Crippen molar-refractivity contribution in [1.29, 1.82) is 0 Å². The van der Waals surface area contributed by atoms with Crippen molar-refractivity contribution in [2.75, 3.05) is 52.8 Å². The minimum Gasteiger partial charge on any atom is -0.466 e. The van der Waals surface area contributed by atoms with Crippen molar-refractivity contribution in [3.63, 3.8) is 0 Å². The van der Waals surface area contributed by atoms with Crippen molar-refractivity contribution in [2.45, 2.75) is 37.4 Å². The van der Waals surface area contributed by atoms with E-state index in [9.17, 15) is 4.79 Å². The van der Waals surface area contributed by atoms with Crippen molar-refractivity contribution in [2.24, 2.45) is 10.9 Å². The maximum atomic E-state index is 12.0. The van der Waals surface area contributed by atoms with Crippen LogP contribution in [0, 0.1) is 5.92 Å². The van der Waals surface area contributed by atoms with Crippen LogP contribution in [-0.4, -0.2) is 74.3 Å². The lowest BCUT2D eigenvalue weighted by Gasteiger charge is -2.38. The molecule has 24 heavy (non-hydrogen) atoms. The molecule has 1 unspecified atom stereocenters. The fourth-order valence-electron chi connectivity index (χ4n) is 3.39. The molecule has 0 aromatic rings. The van der Waals surface area contributed by atoms with Gasteiger partial charge in [0, 0.05) is 44.6 Å². The summed E-state index contributed by atoms with van der Waals surface area (Å²) in [6.07, 6.45) is 6.19. The number of ether oxygens (including phenoxy) is 2. The Labute approximate surface area is 149 Å². The number of piperidine rings is 1. The molecule has 0 amide bonds. The van der Waals surface area contributed by atoms with Crippen LogP contribution in [0.2, 0.25) is 0 Å². The molecule has 6 nitrogen and oxygen atoms in total. The van der Waals surface area contributed by atoms with Gasteiger partial charge in [0.25, 0.3) is 0 Å². The highest BCUT2D eigenvalue weighted by molar-refractivity contribution is 8.00. The monoisotopic (exact) mass is 357 g/mol. The summed E-state index contributed by atoms with van der Waals surface area (Å²) < 4.78 is 10.9. The van der Waals surface area contributed by atoms with E-state index in [2.05, 4.69) is 21.5 Å². The minimum atomic E-state index is -0.0809. The Bertz CT molecular complexity index is 439. The third-order valence-corrected chi connectivity index (χ3v) is 6.38. The van der Waals surface area contributed by atoms with Gasteiger partial charge in [0.2, 0.25) is 0 Å². The number of aliphatic imine (C=N–C) groups is 1. The number of carbonyl (C=O) groups is 1. The van der Waals surface area contributed by atoms with Gasteiger partial charge in [0.05, 0.1) is 12.5 Å². The molecule has 0 aliphatic carbocycles. The number of esters is 1. The number of nitrogens with one attached hydrogen (secondary N) is 1. The number of likely N-dealkylation sites (tertiary alicyclic amines) is 1. The number of hydrogen-bond acceptors (Lipinski definition) is 5. The van der Waals surface area contributed by atoms with Crippen LogP contribution in [0.15, 0.2) is 4.99 Å². The molecular formula is C17H31N3O3S. The minimum absolute atomic E-state index is 0.0464. The molecule has 2 aliphatic rings. The summed E-state index contributed by atoms with van der Waals surface area (Å²) >= 11 is 1.91. The first-order valence-corrected chi connectivity index (χ1v) is 10.1. The smallest absolute Gasteiger partial charge is 0.310 e. The fourth-order valence-corrected chi connectivity index (χ4v) is 4.18. The Balaban J connectivity index is 1.91. The molecular weight excluding hydrogens is 326 g/mol. The zero-order valence-corrected chi connectivity index (χ0v) is 16.0. The lowest BCUT2D eigenvalue weighted by atomic mass is 9.98. The maximum Gasteiger partial charge on any atom is 0.310 e. The second kappa shape index (κ2) is 9.51. The van der Waals surface area contributed by atoms with Gasteiger partial charge in [0.15, 0.2) is 5.96 Å². The Morgan fingerprint density at radius 2 is 2.21 bits per heavy atom. The Morgan fingerprint density at radius 3 is 2.83 bits per heavy atom. The van der Waals surface area contributed by atoms with Crippen LogP contribution >= 0.6 is 11.8 Å². The van der Waals surface area contributed by atoms with Crippen LogP contribution in [0.1, 0.15) is 32.6 Å². The highest BCUT2D eigenvalue weighted by Crippen LogP contribution is 2.33. The molecule has 2 fully saturated rings. The van der Waals surface area contributed by atoms with Gasteiger partial charge in [0.1, 0.15) is 0 Å². The van der Waals surface area contributed by atoms with Gasteiger partial charge in [-0.25, -0.2) is 0 Å². The normalized spacial score (nSPS) is 24.5. The van der Waals surface area contributed by atoms with Crippen LogP contribution < -0.4 is 5.32 Å². The number of nitrogens with zero attached hydrogens (tertiary/aromatic N) is 2. The first-order chi connectivity index (χ1) is 11.6. The molecule has 1 atom stereocenters. The second-order valence-corrected chi connectivity index (χ2v) is 7.71. The molecule has 7 heteroatoms. The Hall–Kier alpha value is -0.950. The molecule has 2 saturated heterocycles. The van der Waals surface area contributed by atoms with Crippen molar-refractivity contribution in [1.82, 2.24) is 10.2 Å². The van der Waals surface area contributed by atoms with E-state index in [1.807, 2.05) is 25.7 Å². The first kappa shape index (κ1) is 19.4. The van der Waals surface area contributed by atoms with E-state index in [0.717, 1.165) is 57.9 Å². The zero-order valence-electron chi connectivity index (χ0n) is 15.2. The zero-order chi connectivity index (χ0) is 17.4. The van der Waals surface area contributed by atoms with Crippen LogP contribution in [0.4, 0.5) is 0 Å². The predicted molar refractivity (Wildman–Crippen MR) is 98.6 cm³/mol. The number of thioether (sulfide) groups is 1. The van der Waals surface area contributed by atoms with E-state index >= 15 is 0 Å². The topological polar surface area (TPSA) is 63.2 Å². The molecule has 0 aromatic heterocycles. The van der Waals surface area contributed by atoms with E-state index in [1.54, 1.807) is 0 Å². The van der Waals surface area contributed by atoms with Gasteiger partial charge in [-0.05, 0) is 38.9 Å². The third kappa shape index (κ3) is 5.02. The molecule has 1 N–H and O–H groups in total. The fraction of sp³-hybridized carbons (Fsp3) is 0.882. The third-order valence-electron chi connectivity index (χ3n) is 4.96. The van der Waals surface area contributed by atoms with E-state index in [-0.39, 0.29) is 16.6 Å². The van der Waals surface area contributed by atoms with Gasteiger partial charge in [-0.2, -0.15) is 11.8 Å². The summed E-state index contributed by atoms with van der Waals surface area (Å²) in [5.41, 5.74) is 0. The van der Waals surface area contributed by atoms with Gasteiger partial charge < -0.3 is 19.7 Å². The maximum absolute atomic E-state index is 12.0. The molecule has 2 rings (SSSR count). The summed E-state index contributed by atoms with van der Waals surface area (Å²) in [6, 6.07) is 0. The van der Waals surface area contributed by atoms with Crippen LogP contribution in [-0.2, 0) is 14.3 Å². The summed E-state index contributed by atoms with van der Waals surface area (Å²) in [4.78, 5) is 18.7. The summed E-state index contributed by atoms with van der Waals surface area (Å²) in [7, 11) is 1.81. The quantitative estimate of drug-likeness (QED) is 0.459.